The minimum Gasteiger partial charge on any atom is -0.445 e. The summed E-state index contributed by atoms with van der Waals surface area (Å²) in [6.07, 6.45) is 2.85. The zero-order valence-corrected chi connectivity index (χ0v) is 20.2. The maximum absolute atomic E-state index is 13.3. The van der Waals surface area contributed by atoms with Crippen LogP contribution < -0.4 is 15.4 Å². The largest absolute Gasteiger partial charge is 0.445 e. The first-order valence-electron chi connectivity index (χ1n) is 10.3. The Hall–Kier alpha value is -3.70. The SMILES string of the molecule is CCO/N=C/CNC(=O)c1cc(Cl)cc(C)c1NC(=O)c1cc(OCF)nn1-c1ncccc1Cl. The zero-order chi connectivity index (χ0) is 25.4. The first-order chi connectivity index (χ1) is 16.8. The van der Waals surface area contributed by atoms with E-state index in [1.807, 2.05) is 0 Å². The van der Waals surface area contributed by atoms with E-state index in [4.69, 9.17) is 32.8 Å². The topological polar surface area (TPSA) is 120 Å². The number of amides is 2. The highest BCUT2D eigenvalue weighted by atomic mass is 35.5. The number of hydrogen-bond acceptors (Lipinski definition) is 7. The number of anilines is 1. The van der Waals surface area contributed by atoms with Crippen LogP contribution in [0.2, 0.25) is 10.0 Å². The molecule has 1 aromatic carbocycles. The Morgan fingerprint density at radius 3 is 2.77 bits per heavy atom. The van der Waals surface area contributed by atoms with Crippen LogP contribution in [0.3, 0.4) is 0 Å². The molecule has 0 aliphatic carbocycles. The molecule has 3 aromatic rings. The Bertz CT molecular complexity index is 1250. The molecule has 2 N–H and O–H groups in total. The Morgan fingerprint density at radius 1 is 1.26 bits per heavy atom. The number of nitrogens with one attached hydrogen (secondary N) is 2. The molecular formula is C22H21Cl2FN6O4. The van der Waals surface area contributed by atoms with Crippen LogP contribution in [-0.2, 0) is 4.84 Å². The maximum atomic E-state index is 13.3. The molecule has 0 radical (unpaired) electrons. The van der Waals surface area contributed by atoms with Gasteiger partial charge in [-0.2, -0.15) is 0 Å². The molecule has 2 heterocycles. The van der Waals surface area contributed by atoms with Gasteiger partial charge in [0.1, 0.15) is 12.3 Å². The van der Waals surface area contributed by atoms with Gasteiger partial charge in [-0.15, -0.1) is 5.10 Å². The molecule has 0 aliphatic heterocycles. The third-order valence-electron chi connectivity index (χ3n) is 4.48. The number of oxime groups is 1. The second-order valence-electron chi connectivity index (χ2n) is 6.86. The van der Waals surface area contributed by atoms with Gasteiger partial charge in [-0.05, 0) is 43.7 Å². The van der Waals surface area contributed by atoms with E-state index in [2.05, 4.69) is 25.9 Å². The number of carbonyl (C=O) groups is 2. The molecule has 0 saturated carbocycles. The number of halogens is 3. The van der Waals surface area contributed by atoms with Gasteiger partial charge in [-0.25, -0.2) is 14.1 Å². The number of carbonyl (C=O) groups excluding carboxylic acids is 2. The van der Waals surface area contributed by atoms with Crippen molar-refractivity contribution in [2.45, 2.75) is 13.8 Å². The Morgan fingerprint density at radius 2 is 2.06 bits per heavy atom. The standard InChI is InChI=1S/C22H21Cl2FN6O4/c1-3-35-28-8-7-27-21(32)15-10-14(23)9-13(2)19(15)29-22(33)17-11-18(34-12-25)30-31(17)20-16(24)5-4-6-26-20/h4-6,8-11H,3,7,12H2,1-2H3,(H,27,32)(H,29,33)/b28-8+. The van der Waals surface area contributed by atoms with Gasteiger partial charge in [0.15, 0.2) is 5.82 Å². The number of alkyl halides is 1. The van der Waals surface area contributed by atoms with Crippen molar-refractivity contribution in [3.05, 3.63) is 63.4 Å². The minimum absolute atomic E-state index is 0.0568. The van der Waals surface area contributed by atoms with Crippen LogP contribution in [0.5, 0.6) is 5.88 Å². The molecule has 0 atom stereocenters. The number of nitrogens with zero attached hydrogens (tertiary/aromatic N) is 4. The lowest BCUT2D eigenvalue weighted by Gasteiger charge is -2.15. The number of hydrogen-bond donors (Lipinski definition) is 2. The van der Waals surface area contributed by atoms with Crippen molar-refractivity contribution in [1.29, 1.82) is 0 Å². The molecule has 35 heavy (non-hydrogen) atoms. The molecule has 2 aromatic heterocycles. The van der Waals surface area contributed by atoms with Crippen molar-refractivity contribution >= 4 is 46.9 Å². The first kappa shape index (κ1) is 25.9. The zero-order valence-electron chi connectivity index (χ0n) is 18.7. The van der Waals surface area contributed by atoms with Gasteiger partial charge < -0.3 is 20.2 Å². The summed E-state index contributed by atoms with van der Waals surface area (Å²) in [5, 5.41) is 13.6. The first-order valence-corrected chi connectivity index (χ1v) is 11.0. The van der Waals surface area contributed by atoms with E-state index in [0.717, 1.165) is 4.68 Å². The van der Waals surface area contributed by atoms with E-state index in [1.165, 1.54) is 24.5 Å². The number of benzene rings is 1. The van der Waals surface area contributed by atoms with Crippen molar-refractivity contribution < 1.29 is 23.6 Å². The summed E-state index contributed by atoms with van der Waals surface area (Å²) >= 11 is 12.4. The Labute approximate surface area is 210 Å². The molecule has 0 aliphatic rings. The smallest absolute Gasteiger partial charge is 0.274 e. The lowest BCUT2D eigenvalue weighted by atomic mass is 10.1. The number of ether oxygens (including phenoxy) is 1. The summed E-state index contributed by atoms with van der Waals surface area (Å²) in [4.78, 5) is 35.1. The van der Waals surface area contributed by atoms with Crippen LogP contribution in [0.1, 0.15) is 33.3 Å². The van der Waals surface area contributed by atoms with Crippen LogP contribution in [-0.4, -0.2) is 52.8 Å². The van der Waals surface area contributed by atoms with E-state index >= 15 is 0 Å². The molecular weight excluding hydrogens is 502 g/mol. The third kappa shape index (κ3) is 6.46. The van der Waals surface area contributed by atoms with Gasteiger partial charge in [-0.1, -0.05) is 28.4 Å². The summed E-state index contributed by atoms with van der Waals surface area (Å²) in [5.41, 5.74) is 0.807. The van der Waals surface area contributed by atoms with Gasteiger partial charge in [0.05, 0.1) is 29.0 Å². The van der Waals surface area contributed by atoms with Gasteiger partial charge >= 0.3 is 0 Å². The molecule has 0 fully saturated rings. The summed E-state index contributed by atoms with van der Waals surface area (Å²) in [5.74, 6) is -1.20. The molecule has 0 bridgehead atoms. The van der Waals surface area contributed by atoms with E-state index in [-0.39, 0.29) is 40.2 Å². The average Bonchev–Trinajstić information content (AvgIpc) is 3.24. The summed E-state index contributed by atoms with van der Waals surface area (Å²) in [6.45, 7) is 2.79. The van der Waals surface area contributed by atoms with E-state index in [0.29, 0.717) is 17.2 Å². The number of rotatable bonds is 10. The minimum atomic E-state index is -1.15. The second kappa shape index (κ2) is 12.1. The molecule has 13 heteroatoms. The fourth-order valence-corrected chi connectivity index (χ4v) is 3.48. The molecule has 184 valence electrons. The average molecular weight is 523 g/mol. The summed E-state index contributed by atoms with van der Waals surface area (Å²) in [6, 6.07) is 7.41. The Balaban J connectivity index is 1.94. The summed E-state index contributed by atoms with van der Waals surface area (Å²) in [7, 11) is 0. The van der Waals surface area contributed by atoms with Gasteiger partial charge in [0.2, 0.25) is 12.7 Å². The van der Waals surface area contributed by atoms with Crippen molar-refractivity contribution in [2.75, 3.05) is 25.3 Å². The van der Waals surface area contributed by atoms with Crippen molar-refractivity contribution in [1.82, 2.24) is 20.1 Å². The quantitative estimate of drug-likeness (QED) is 0.304. The lowest BCUT2D eigenvalue weighted by Crippen LogP contribution is -2.27. The van der Waals surface area contributed by atoms with Crippen LogP contribution in [0, 0.1) is 6.92 Å². The van der Waals surface area contributed by atoms with E-state index in [1.54, 1.807) is 32.0 Å². The molecule has 10 nitrogen and oxygen atoms in total. The highest BCUT2D eigenvalue weighted by Crippen LogP contribution is 2.28. The van der Waals surface area contributed by atoms with Gasteiger partial charge in [0.25, 0.3) is 11.8 Å². The molecule has 0 saturated heterocycles. The summed E-state index contributed by atoms with van der Waals surface area (Å²) < 4.78 is 18.7. The highest BCUT2D eigenvalue weighted by Gasteiger charge is 2.23. The van der Waals surface area contributed by atoms with Gasteiger partial charge in [0, 0.05) is 17.3 Å². The van der Waals surface area contributed by atoms with Gasteiger partial charge in [-0.3, -0.25) is 9.59 Å². The molecule has 3 rings (SSSR count). The van der Waals surface area contributed by atoms with Crippen LogP contribution in [0.4, 0.5) is 10.1 Å². The normalized spacial score (nSPS) is 10.9. The Kier molecular flexibility index (Phi) is 8.98. The number of aryl methyl sites for hydroxylation is 1. The van der Waals surface area contributed by atoms with E-state index in [9.17, 15) is 14.0 Å². The number of pyridine rings is 1. The van der Waals surface area contributed by atoms with Crippen LogP contribution in [0.25, 0.3) is 5.82 Å². The van der Waals surface area contributed by atoms with Crippen molar-refractivity contribution in [2.24, 2.45) is 5.16 Å². The fourth-order valence-electron chi connectivity index (χ4n) is 3.01. The molecule has 2 amide bonds. The fraction of sp³-hybridized carbons (Fsp3) is 0.227. The maximum Gasteiger partial charge on any atom is 0.274 e. The predicted octanol–water partition coefficient (Wildman–Crippen LogP) is 4.19. The monoisotopic (exact) mass is 522 g/mol. The predicted molar refractivity (Wildman–Crippen MR) is 130 cm³/mol. The molecule has 0 unspecified atom stereocenters. The van der Waals surface area contributed by atoms with Crippen molar-refractivity contribution in [3.8, 4) is 11.7 Å². The third-order valence-corrected chi connectivity index (χ3v) is 4.99. The number of aromatic nitrogens is 3. The van der Waals surface area contributed by atoms with Crippen LogP contribution in [0.15, 0.2) is 41.7 Å². The second-order valence-corrected chi connectivity index (χ2v) is 7.70. The van der Waals surface area contributed by atoms with Crippen molar-refractivity contribution in [3.63, 3.8) is 0 Å². The van der Waals surface area contributed by atoms with E-state index < -0.39 is 18.7 Å². The van der Waals surface area contributed by atoms with Crippen LogP contribution >= 0.6 is 23.2 Å². The molecule has 0 spiro atoms. The lowest BCUT2D eigenvalue weighted by molar-refractivity contribution is 0.0960. The highest BCUT2D eigenvalue weighted by molar-refractivity contribution is 6.32.